The first-order valence-corrected chi connectivity index (χ1v) is 8.37. The van der Waals surface area contributed by atoms with E-state index in [1.54, 1.807) is 0 Å². The Morgan fingerprint density at radius 2 is 2.16 bits per heavy atom. The molecule has 2 aromatic rings. The average Bonchev–Trinajstić information content (AvgIpc) is 2.63. The molecule has 0 bridgehead atoms. The Hall–Kier alpha value is -0.700. The minimum Gasteiger partial charge on any atom is -0.278 e. The molecular weight excluding hydrogens is 379 g/mol. The zero-order chi connectivity index (χ0) is 14.2. The van der Waals surface area contributed by atoms with Gasteiger partial charge in [-0.2, -0.15) is 0 Å². The first-order chi connectivity index (χ1) is 8.79. The van der Waals surface area contributed by atoms with E-state index in [2.05, 4.69) is 25.6 Å². The predicted octanol–water partition coefficient (Wildman–Crippen LogP) is 3.81. The van der Waals surface area contributed by atoms with E-state index in [1.165, 1.54) is 19.1 Å². The third-order valence-corrected chi connectivity index (χ3v) is 6.07. The average molecular weight is 386 g/mol. The number of hydrogen-bond acceptors (Lipinski definition) is 4. The van der Waals surface area contributed by atoms with Gasteiger partial charge in [-0.15, -0.1) is 0 Å². The molecular formula is C10H7BrClFN2O2S2. The van der Waals surface area contributed by atoms with Gasteiger partial charge in [0.25, 0.3) is 10.0 Å². The number of thiazole rings is 1. The van der Waals surface area contributed by atoms with Crippen LogP contribution in [0.4, 0.5) is 10.1 Å². The van der Waals surface area contributed by atoms with Crippen molar-refractivity contribution in [1.29, 1.82) is 0 Å². The fraction of sp³-hybridized carbons (Fsp3) is 0.100. The Balaban J connectivity index is 2.42. The second kappa shape index (κ2) is 5.35. The highest BCUT2D eigenvalue weighted by Crippen LogP contribution is 2.30. The van der Waals surface area contributed by atoms with Gasteiger partial charge in [0.05, 0.1) is 11.4 Å². The molecule has 0 spiro atoms. The number of nitrogens with zero attached hydrogens (tertiary/aromatic N) is 1. The highest BCUT2D eigenvalue weighted by molar-refractivity contribution is 9.10. The molecule has 0 atom stereocenters. The lowest BCUT2D eigenvalue weighted by Crippen LogP contribution is -2.13. The zero-order valence-corrected chi connectivity index (χ0v) is 13.4. The molecule has 19 heavy (non-hydrogen) atoms. The van der Waals surface area contributed by atoms with E-state index in [0.29, 0.717) is 10.2 Å². The van der Waals surface area contributed by atoms with Gasteiger partial charge in [-0.1, -0.05) is 22.9 Å². The number of sulfonamides is 1. The number of halogens is 3. The summed E-state index contributed by atoms with van der Waals surface area (Å²) in [5.41, 5.74) is 0.416. The summed E-state index contributed by atoms with van der Waals surface area (Å²) in [5, 5.41) is 0. The highest BCUT2D eigenvalue weighted by atomic mass is 79.9. The van der Waals surface area contributed by atoms with Gasteiger partial charge >= 0.3 is 0 Å². The topological polar surface area (TPSA) is 59.1 Å². The molecule has 0 aliphatic heterocycles. The SMILES string of the molecule is Cc1nc(Cl)sc1S(=O)(=O)Nc1cc(F)ccc1Br. The first-order valence-electron chi connectivity index (χ1n) is 4.90. The van der Waals surface area contributed by atoms with Crippen molar-refractivity contribution in [1.82, 2.24) is 4.98 Å². The van der Waals surface area contributed by atoms with Gasteiger partial charge in [0.2, 0.25) is 0 Å². The summed E-state index contributed by atoms with van der Waals surface area (Å²) < 4.78 is 40.3. The molecule has 0 amide bonds. The molecule has 0 saturated carbocycles. The molecule has 0 radical (unpaired) electrons. The van der Waals surface area contributed by atoms with Crippen LogP contribution >= 0.6 is 38.9 Å². The van der Waals surface area contributed by atoms with Crippen LogP contribution in [0.15, 0.2) is 26.9 Å². The van der Waals surface area contributed by atoms with Gasteiger partial charge in [0.1, 0.15) is 5.82 Å². The number of anilines is 1. The van der Waals surface area contributed by atoms with Crippen molar-refractivity contribution in [3.05, 3.63) is 38.6 Å². The summed E-state index contributed by atoms with van der Waals surface area (Å²) in [7, 11) is -3.84. The third-order valence-electron chi connectivity index (χ3n) is 2.14. The standard InChI is InChI=1S/C10H7BrClFN2O2S2/c1-5-9(18-10(12)14-5)19(16,17)15-8-4-6(13)2-3-7(8)11/h2-4,15H,1H3. The quantitative estimate of drug-likeness (QED) is 0.874. The summed E-state index contributed by atoms with van der Waals surface area (Å²) in [5.74, 6) is -0.542. The Bertz CT molecular complexity index is 733. The minimum atomic E-state index is -3.84. The van der Waals surface area contributed by atoms with Crippen LogP contribution in [0.25, 0.3) is 0 Å². The summed E-state index contributed by atoms with van der Waals surface area (Å²) in [6.07, 6.45) is 0. The molecule has 0 fully saturated rings. The molecule has 102 valence electrons. The fourth-order valence-corrected chi connectivity index (χ4v) is 4.65. The van der Waals surface area contributed by atoms with Gasteiger partial charge < -0.3 is 0 Å². The molecule has 1 aromatic heterocycles. The summed E-state index contributed by atoms with van der Waals surface area (Å²) >= 11 is 9.67. The molecule has 1 heterocycles. The highest BCUT2D eigenvalue weighted by Gasteiger charge is 2.22. The van der Waals surface area contributed by atoms with Crippen molar-refractivity contribution < 1.29 is 12.8 Å². The molecule has 0 aliphatic rings. The van der Waals surface area contributed by atoms with E-state index in [1.807, 2.05) is 0 Å². The minimum absolute atomic E-state index is 0.00802. The van der Waals surface area contributed by atoms with Crippen molar-refractivity contribution in [3.8, 4) is 0 Å². The van der Waals surface area contributed by atoms with Crippen molar-refractivity contribution in [2.24, 2.45) is 0 Å². The lowest BCUT2D eigenvalue weighted by molar-refractivity contribution is 0.602. The number of nitrogens with one attached hydrogen (secondary N) is 1. The fourth-order valence-electron chi connectivity index (χ4n) is 1.37. The van der Waals surface area contributed by atoms with E-state index in [0.717, 1.165) is 17.4 Å². The second-order valence-corrected chi connectivity index (χ2v) is 7.88. The van der Waals surface area contributed by atoms with Crippen LogP contribution < -0.4 is 4.72 Å². The predicted molar refractivity (Wildman–Crippen MR) is 76.8 cm³/mol. The van der Waals surface area contributed by atoms with E-state index in [9.17, 15) is 12.8 Å². The normalized spacial score (nSPS) is 11.6. The maximum atomic E-state index is 13.1. The molecule has 9 heteroatoms. The van der Waals surface area contributed by atoms with Gasteiger partial charge in [-0.25, -0.2) is 17.8 Å². The smallest absolute Gasteiger partial charge is 0.273 e. The molecule has 4 nitrogen and oxygen atoms in total. The van der Waals surface area contributed by atoms with Gasteiger partial charge in [0, 0.05) is 4.47 Å². The number of rotatable bonds is 3. The van der Waals surface area contributed by atoms with E-state index < -0.39 is 15.8 Å². The number of aryl methyl sites for hydroxylation is 1. The van der Waals surface area contributed by atoms with Crippen LogP contribution in [-0.4, -0.2) is 13.4 Å². The molecule has 2 rings (SSSR count). The van der Waals surface area contributed by atoms with Crippen LogP contribution in [0, 0.1) is 12.7 Å². The maximum Gasteiger partial charge on any atom is 0.273 e. The van der Waals surface area contributed by atoms with Crippen LogP contribution in [0.3, 0.4) is 0 Å². The summed E-state index contributed by atoms with van der Waals surface area (Å²) in [6, 6.07) is 3.72. The zero-order valence-electron chi connectivity index (χ0n) is 9.45. The third kappa shape index (κ3) is 3.25. The van der Waals surface area contributed by atoms with Crippen LogP contribution in [0.1, 0.15) is 5.69 Å². The van der Waals surface area contributed by atoms with E-state index >= 15 is 0 Å². The molecule has 0 unspecified atom stereocenters. The lowest BCUT2D eigenvalue weighted by atomic mass is 10.3. The number of hydrogen-bond donors (Lipinski definition) is 1. The number of aromatic nitrogens is 1. The van der Waals surface area contributed by atoms with Crippen LogP contribution in [0.5, 0.6) is 0 Å². The molecule has 0 saturated heterocycles. The first kappa shape index (κ1) is 14.7. The maximum absolute atomic E-state index is 13.1. The van der Waals surface area contributed by atoms with Crippen molar-refractivity contribution >= 4 is 54.6 Å². The van der Waals surface area contributed by atoms with Crippen molar-refractivity contribution in [3.63, 3.8) is 0 Å². The van der Waals surface area contributed by atoms with Gasteiger partial charge in [0.15, 0.2) is 8.68 Å². The van der Waals surface area contributed by atoms with Crippen molar-refractivity contribution in [2.45, 2.75) is 11.1 Å². The van der Waals surface area contributed by atoms with Gasteiger partial charge in [-0.3, -0.25) is 4.72 Å². The van der Waals surface area contributed by atoms with Crippen molar-refractivity contribution in [2.75, 3.05) is 4.72 Å². The van der Waals surface area contributed by atoms with Gasteiger partial charge in [-0.05, 0) is 41.1 Å². The van der Waals surface area contributed by atoms with Crippen LogP contribution in [-0.2, 0) is 10.0 Å². The Kier molecular flexibility index (Phi) is 4.14. The summed E-state index contributed by atoms with van der Waals surface area (Å²) in [4.78, 5) is 3.84. The summed E-state index contributed by atoms with van der Waals surface area (Å²) in [6.45, 7) is 1.54. The largest absolute Gasteiger partial charge is 0.278 e. The van der Waals surface area contributed by atoms with E-state index in [4.69, 9.17) is 11.6 Å². The molecule has 1 N–H and O–H groups in total. The van der Waals surface area contributed by atoms with E-state index in [-0.39, 0.29) is 14.4 Å². The monoisotopic (exact) mass is 384 g/mol. The molecule has 0 aliphatic carbocycles. The molecule has 1 aromatic carbocycles. The Morgan fingerprint density at radius 1 is 1.47 bits per heavy atom. The second-order valence-electron chi connectivity index (χ2n) is 3.57. The Morgan fingerprint density at radius 3 is 2.74 bits per heavy atom. The lowest BCUT2D eigenvalue weighted by Gasteiger charge is -2.08. The Labute approximate surface area is 126 Å². The number of benzene rings is 1. The van der Waals surface area contributed by atoms with Crippen LogP contribution in [0.2, 0.25) is 4.47 Å².